The fourth-order valence-electron chi connectivity index (χ4n) is 4.49. The van der Waals surface area contributed by atoms with Crippen LogP contribution in [0.2, 0.25) is 0 Å². The molecule has 0 saturated carbocycles. The maximum Gasteiger partial charge on any atom is 0.472 e. The average molecular weight is 818 g/mol. The number of carboxylic acids is 1. The number of aliphatic hydroxyl groups is 1. The highest BCUT2D eigenvalue weighted by Crippen LogP contribution is 2.43. The Balaban J connectivity index is 4.71. The molecule has 0 saturated heterocycles. The molecule has 0 bridgehead atoms. The van der Waals surface area contributed by atoms with Crippen molar-refractivity contribution in [2.75, 3.05) is 19.8 Å². The van der Waals surface area contributed by atoms with Crippen molar-refractivity contribution in [3.63, 3.8) is 0 Å². The van der Waals surface area contributed by atoms with Crippen molar-refractivity contribution in [1.29, 1.82) is 0 Å². The number of ether oxygens (including phenoxy) is 2. The van der Waals surface area contributed by atoms with Gasteiger partial charge in [-0.1, -0.05) is 123 Å². The minimum Gasteiger partial charge on any atom is -0.480 e. The Labute approximate surface area is 340 Å². The molecule has 0 aliphatic heterocycles. The maximum absolute atomic E-state index is 12.6. The number of esters is 2. The van der Waals surface area contributed by atoms with E-state index in [4.69, 9.17) is 24.8 Å². The highest BCUT2D eigenvalue weighted by Gasteiger charge is 2.28. The third kappa shape index (κ3) is 37.4. The summed E-state index contributed by atoms with van der Waals surface area (Å²) in [6, 6.07) is -1.56. The number of carbonyl (C=O) groups excluding carboxylic acids is 2. The zero-order valence-electron chi connectivity index (χ0n) is 34.0. The summed E-state index contributed by atoms with van der Waals surface area (Å²) in [5.41, 5.74) is 5.31. The Morgan fingerprint density at radius 2 is 1.12 bits per heavy atom. The lowest BCUT2D eigenvalue weighted by Gasteiger charge is -2.20. The average Bonchev–Trinajstić information content (AvgIpc) is 3.18. The molecule has 13 heteroatoms. The monoisotopic (exact) mass is 817 g/mol. The van der Waals surface area contributed by atoms with E-state index in [1.165, 1.54) is 0 Å². The smallest absolute Gasteiger partial charge is 0.472 e. The first kappa shape index (κ1) is 53.1. The Morgan fingerprint density at radius 1 is 0.632 bits per heavy atom. The normalized spacial score (nSPS) is 15.5. The number of hydrogen-bond acceptors (Lipinski definition) is 10. The number of unbranched alkanes of at least 4 members (excludes halogenated alkanes) is 2. The third-order valence-electron chi connectivity index (χ3n) is 7.62. The summed E-state index contributed by atoms with van der Waals surface area (Å²) in [7, 11) is -4.78. The Morgan fingerprint density at radius 3 is 1.67 bits per heavy atom. The van der Waals surface area contributed by atoms with Gasteiger partial charge in [0.05, 0.1) is 19.3 Å². The van der Waals surface area contributed by atoms with Crippen molar-refractivity contribution in [3.05, 3.63) is 109 Å². The Kier molecular flexibility index (Phi) is 35.1. The summed E-state index contributed by atoms with van der Waals surface area (Å²) in [6.07, 6.45) is 44.8. The first-order valence-corrected chi connectivity index (χ1v) is 21.5. The summed E-state index contributed by atoms with van der Waals surface area (Å²) < 4.78 is 32.4. The quantitative estimate of drug-likeness (QED) is 0.0156. The van der Waals surface area contributed by atoms with Crippen LogP contribution in [0.4, 0.5) is 0 Å². The molecule has 0 spiro atoms. The van der Waals surface area contributed by atoms with Crippen molar-refractivity contribution in [2.45, 2.75) is 128 Å². The van der Waals surface area contributed by atoms with Crippen molar-refractivity contribution in [1.82, 2.24) is 0 Å². The molecule has 0 aliphatic rings. The highest BCUT2D eigenvalue weighted by molar-refractivity contribution is 7.47. The van der Waals surface area contributed by atoms with Crippen LogP contribution < -0.4 is 5.73 Å². The standard InChI is InChI=1S/C44H68NO11P/c1-3-5-7-9-11-13-15-17-18-20-22-24-26-28-30-34-43(48)56-40(37-54-57(51,52)55-38-41(45)44(49)50)36-53-42(47)35-31-33-39(46)32-29-27-25-23-21-19-16-14-12-10-8-6-4-2/h5-8,11-14,17-19,21-22,24-25,27,29,32,39-41,46H,3-4,9-10,15-16,20,23,26,28,30-31,33-38,45H2,1-2H3,(H,49,50)(H,51,52)/b7-5-,8-6-,13-11-,14-12-,18-17-,21-19-,24-22-,27-25-,32-29+/t39?,40-,41+/m1/s1. The van der Waals surface area contributed by atoms with Crippen LogP contribution in [0.1, 0.15) is 110 Å². The highest BCUT2D eigenvalue weighted by atomic mass is 31.2. The van der Waals surface area contributed by atoms with E-state index in [9.17, 15) is 28.9 Å². The lowest BCUT2D eigenvalue weighted by molar-refractivity contribution is -0.161. The SMILES string of the molecule is CC/C=C\C/C=C\C/C=C\C/C=C\C=C\C(O)CCCC(=O)OC[C@H](COP(=O)(O)OC[C@H](N)C(=O)O)OC(=O)CCCC/C=C\C/C=C\C/C=C\C/C=C\CC. The summed E-state index contributed by atoms with van der Waals surface area (Å²) in [5.74, 6) is -2.68. The zero-order valence-corrected chi connectivity index (χ0v) is 34.9. The van der Waals surface area contributed by atoms with E-state index in [2.05, 4.69) is 97.4 Å². The molecule has 0 amide bonds. The van der Waals surface area contributed by atoms with E-state index in [0.29, 0.717) is 19.3 Å². The minimum absolute atomic E-state index is 0.0254. The molecule has 0 heterocycles. The second-order valence-corrected chi connectivity index (χ2v) is 14.3. The molecule has 0 aromatic heterocycles. The van der Waals surface area contributed by atoms with Crippen LogP contribution in [0, 0.1) is 0 Å². The number of carboxylic acid groups (broad SMARTS) is 1. The number of hydrogen-bond donors (Lipinski definition) is 4. The second-order valence-electron chi connectivity index (χ2n) is 12.8. The van der Waals surface area contributed by atoms with Gasteiger partial charge in [-0.15, -0.1) is 0 Å². The number of carbonyl (C=O) groups is 3. The molecule has 0 rings (SSSR count). The maximum atomic E-state index is 12.6. The van der Waals surface area contributed by atoms with Crippen LogP contribution in [-0.4, -0.2) is 71.1 Å². The molecule has 0 aliphatic carbocycles. The molecule has 0 radical (unpaired) electrons. The fourth-order valence-corrected chi connectivity index (χ4v) is 5.27. The lowest BCUT2D eigenvalue weighted by atomic mass is 10.1. The van der Waals surface area contributed by atoms with Gasteiger partial charge in [0.2, 0.25) is 0 Å². The molecule has 2 unspecified atom stereocenters. The number of aliphatic carboxylic acids is 1. The molecule has 320 valence electrons. The molecule has 5 N–H and O–H groups in total. The van der Waals surface area contributed by atoms with Gasteiger partial charge in [0.25, 0.3) is 0 Å². The van der Waals surface area contributed by atoms with Gasteiger partial charge in [-0.2, -0.15) is 0 Å². The van der Waals surface area contributed by atoms with Gasteiger partial charge in [-0.3, -0.25) is 23.4 Å². The topological polar surface area (TPSA) is 192 Å². The van der Waals surface area contributed by atoms with Crippen molar-refractivity contribution in [2.24, 2.45) is 5.73 Å². The molecular weight excluding hydrogens is 749 g/mol. The van der Waals surface area contributed by atoms with Crippen LogP contribution in [-0.2, 0) is 37.5 Å². The predicted octanol–water partition coefficient (Wildman–Crippen LogP) is 9.24. The van der Waals surface area contributed by atoms with Crippen LogP contribution in [0.5, 0.6) is 0 Å². The van der Waals surface area contributed by atoms with Gasteiger partial charge < -0.3 is 30.3 Å². The Hall–Kier alpha value is -3.90. The number of rotatable bonds is 35. The van der Waals surface area contributed by atoms with E-state index in [1.807, 2.05) is 18.2 Å². The molecule has 0 aromatic carbocycles. The van der Waals surface area contributed by atoms with E-state index >= 15 is 0 Å². The van der Waals surface area contributed by atoms with Gasteiger partial charge >= 0.3 is 25.7 Å². The number of aliphatic hydroxyl groups excluding tert-OH is 1. The van der Waals surface area contributed by atoms with Crippen molar-refractivity contribution in [3.8, 4) is 0 Å². The molecular formula is C44H68NO11P. The van der Waals surface area contributed by atoms with Gasteiger partial charge in [-0.25, -0.2) is 4.57 Å². The molecule has 0 fully saturated rings. The van der Waals surface area contributed by atoms with E-state index in [-0.39, 0.29) is 12.8 Å². The van der Waals surface area contributed by atoms with Crippen LogP contribution in [0.15, 0.2) is 109 Å². The minimum atomic E-state index is -4.78. The second kappa shape index (κ2) is 37.7. The van der Waals surface area contributed by atoms with Gasteiger partial charge in [0.15, 0.2) is 6.10 Å². The van der Waals surface area contributed by atoms with E-state index in [0.717, 1.165) is 64.2 Å². The van der Waals surface area contributed by atoms with Gasteiger partial charge in [-0.05, 0) is 83.5 Å². The number of nitrogens with two attached hydrogens (primary N) is 1. The summed E-state index contributed by atoms with van der Waals surface area (Å²) in [6.45, 7) is 2.29. The summed E-state index contributed by atoms with van der Waals surface area (Å²) in [5, 5.41) is 19.1. The van der Waals surface area contributed by atoms with E-state index in [1.54, 1.807) is 12.2 Å². The first-order chi connectivity index (χ1) is 27.5. The number of allylic oxidation sites excluding steroid dienone is 17. The number of phosphoric acid groups is 1. The summed E-state index contributed by atoms with van der Waals surface area (Å²) in [4.78, 5) is 45.9. The summed E-state index contributed by atoms with van der Waals surface area (Å²) >= 11 is 0. The molecule has 0 aromatic rings. The van der Waals surface area contributed by atoms with Crippen LogP contribution in [0.25, 0.3) is 0 Å². The van der Waals surface area contributed by atoms with Crippen molar-refractivity contribution < 1.29 is 52.6 Å². The van der Waals surface area contributed by atoms with E-state index < -0.39 is 63.8 Å². The van der Waals surface area contributed by atoms with Crippen LogP contribution in [0.3, 0.4) is 0 Å². The molecule has 12 nitrogen and oxygen atoms in total. The molecule has 57 heavy (non-hydrogen) atoms. The fraction of sp³-hybridized carbons (Fsp3) is 0.523. The van der Waals surface area contributed by atoms with Gasteiger partial charge in [0.1, 0.15) is 12.6 Å². The first-order valence-electron chi connectivity index (χ1n) is 20.0. The molecule has 4 atom stereocenters. The van der Waals surface area contributed by atoms with Crippen molar-refractivity contribution >= 4 is 25.7 Å². The lowest BCUT2D eigenvalue weighted by Crippen LogP contribution is -2.34. The largest absolute Gasteiger partial charge is 0.480 e. The third-order valence-corrected chi connectivity index (χ3v) is 8.57. The van der Waals surface area contributed by atoms with Gasteiger partial charge in [0, 0.05) is 12.8 Å². The van der Waals surface area contributed by atoms with Crippen LogP contribution >= 0.6 is 7.82 Å². The Bertz CT molecular complexity index is 1390. The number of phosphoric ester groups is 1. The predicted molar refractivity (Wildman–Crippen MR) is 227 cm³/mol. The zero-order chi connectivity index (χ0) is 42.2.